The molecule has 0 radical (unpaired) electrons. The smallest absolute Gasteiger partial charge is 0.408 e. The lowest BCUT2D eigenvalue weighted by Crippen LogP contribution is -2.04. The van der Waals surface area contributed by atoms with Crippen LogP contribution in [0.4, 0.5) is 22.0 Å². The van der Waals surface area contributed by atoms with Gasteiger partial charge >= 0.3 is 18.9 Å². The number of aromatic nitrogens is 1. The second kappa shape index (κ2) is 3.86. The van der Waals surface area contributed by atoms with Crippen LogP contribution in [0.5, 0.6) is 6.08 Å². The molecule has 0 amide bonds. The molecular formula is C9H4F5NO2. The van der Waals surface area contributed by atoms with Crippen LogP contribution >= 0.6 is 0 Å². The van der Waals surface area contributed by atoms with Gasteiger partial charge < -0.3 is 9.15 Å². The Morgan fingerprint density at radius 1 is 1.24 bits per heavy atom. The molecular weight excluding hydrogens is 249 g/mol. The standard InChI is InChI=1S/C9H4F5NO2/c10-7(11)17-8-15-5-3-1-2-4(6(5)16-8)9(12,13)14/h1-3,7H. The Hall–Kier alpha value is -1.86. The predicted octanol–water partition coefficient (Wildman–Crippen LogP) is 3.45. The van der Waals surface area contributed by atoms with E-state index >= 15 is 0 Å². The van der Waals surface area contributed by atoms with Gasteiger partial charge in [0.05, 0.1) is 0 Å². The zero-order valence-electron chi connectivity index (χ0n) is 7.96. The molecule has 0 saturated carbocycles. The number of oxazole rings is 1. The molecule has 0 aliphatic rings. The average molecular weight is 253 g/mol. The molecule has 0 atom stereocenters. The molecule has 1 heterocycles. The van der Waals surface area contributed by atoms with Crippen molar-refractivity contribution in [1.29, 1.82) is 0 Å². The van der Waals surface area contributed by atoms with Gasteiger partial charge in [0.15, 0.2) is 5.58 Å². The van der Waals surface area contributed by atoms with Crippen LogP contribution in [-0.4, -0.2) is 11.6 Å². The zero-order valence-corrected chi connectivity index (χ0v) is 7.96. The van der Waals surface area contributed by atoms with E-state index in [1.807, 2.05) is 0 Å². The summed E-state index contributed by atoms with van der Waals surface area (Å²) in [6, 6.07) is 3.06. The Morgan fingerprint density at radius 3 is 2.53 bits per heavy atom. The van der Waals surface area contributed by atoms with E-state index in [1.54, 1.807) is 0 Å². The zero-order chi connectivity index (χ0) is 12.6. The Kier molecular flexibility index (Phi) is 2.64. The molecule has 8 heteroatoms. The molecule has 0 spiro atoms. The quantitative estimate of drug-likeness (QED) is 0.769. The van der Waals surface area contributed by atoms with Crippen molar-refractivity contribution >= 4 is 11.1 Å². The summed E-state index contributed by atoms with van der Waals surface area (Å²) < 4.78 is 69.5. The first kappa shape index (κ1) is 11.6. The number of nitrogens with zero attached hydrogens (tertiary/aromatic N) is 1. The van der Waals surface area contributed by atoms with E-state index in [0.29, 0.717) is 0 Å². The highest BCUT2D eigenvalue weighted by Crippen LogP contribution is 2.36. The van der Waals surface area contributed by atoms with Gasteiger partial charge in [0, 0.05) is 0 Å². The second-order valence-electron chi connectivity index (χ2n) is 3.01. The Labute approximate surface area is 90.8 Å². The molecule has 1 aromatic heterocycles. The minimum absolute atomic E-state index is 0.199. The summed E-state index contributed by atoms with van der Waals surface area (Å²) in [5, 5.41) is 0. The molecule has 92 valence electrons. The number of para-hydroxylation sites is 1. The van der Waals surface area contributed by atoms with Crippen molar-refractivity contribution in [3.8, 4) is 6.08 Å². The van der Waals surface area contributed by atoms with E-state index in [-0.39, 0.29) is 5.52 Å². The summed E-state index contributed by atoms with van der Waals surface area (Å²) in [5.41, 5.74) is -1.92. The van der Waals surface area contributed by atoms with E-state index in [9.17, 15) is 22.0 Å². The van der Waals surface area contributed by atoms with Crippen molar-refractivity contribution in [3.63, 3.8) is 0 Å². The molecule has 17 heavy (non-hydrogen) atoms. The fraction of sp³-hybridized carbons (Fsp3) is 0.222. The molecule has 1 aromatic carbocycles. The highest BCUT2D eigenvalue weighted by molar-refractivity contribution is 5.77. The summed E-state index contributed by atoms with van der Waals surface area (Å²) in [5.74, 6) is 0. The lowest BCUT2D eigenvalue weighted by molar-refractivity contribution is -0.136. The molecule has 0 N–H and O–H groups in total. The van der Waals surface area contributed by atoms with Crippen molar-refractivity contribution in [2.45, 2.75) is 12.8 Å². The van der Waals surface area contributed by atoms with Gasteiger partial charge in [-0.2, -0.15) is 26.9 Å². The Bertz CT molecular complexity index is 534. The van der Waals surface area contributed by atoms with Crippen LogP contribution in [0.3, 0.4) is 0 Å². The molecule has 0 unspecified atom stereocenters. The highest BCUT2D eigenvalue weighted by atomic mass is 19.4. The van der Waals surface area contributed by atoms with Crippen molar-refractivity contribution in [2.24, 2.45) is 0 Å². The lowest BCUT2D eigenvalue weighted by atomic mass is 10.2. The van der Waals surface area contributed by atoms with Gasteiger partial charge in [0.1, 0.15) is 11.1 Å². The van der Waals surface area contributed by atoms with Gasteiger partial charge in [0.2, 0.25) is 0 Å². The number of halogens is 5. The maximum atomic E-state index is 12.5. The molecule has 0 bridgehead atoms. The van der Waals surface area contributed by atoms with Gasteiger partial charge in [-0.15, -0.1) is 0 Å². The molecule has 0 saturated heterocycles. The SMILES string of the molecule is FC(F)Oc1nc2cccc(C(F)(F)F)c2o1. The fourth-order valence-electron chi connectivity index (χ4n) is 1.28. The van der Waals surface area contributed by atoms with Gasteiger partial charge in [-0.1, -0.05) is 6.07 Å². The maximum Gasteiger partial charge on any atom is 0.420 e. The number of hydrogen-bond donors (Lipinski definition) is 0. The first-order chi connectivity index (χ1) is 7.88. The molecule has 0 aliphatic carbocycles. The normalized spacial score (nSPS) is 12.4. The summed E-state index contributed by atoms with van der Waals surface area (Å²) in [6.45, 7) is -3.21. The van der Waals surface area contributed by atoms with E-state index < -0.39 is 30.0 Å². The van der Waals surface area contributed by atoms with E-state index in [4.69, 9.17) is 0 Å². The van der Waals surface area contributed by atoms with Crippen molar-refractivity contribution in [3.05, 3.63) is 23.8 Å². The van der Waals surface area contributed by atoms with E-state index in [1.165, 1.54) is 6.07 Å². The number of benzene rings is 1. The van der Waals surface area contributed by atoms with Crippen molar-refractivity contribution < 1.29 is 31.1 Å². The van der Waals surface area contributed by atoms with Gasteiger partial charge in [0.25, 0.3) is 0 Å². The van der Waals surface area contributed by atoms with E-state index in [2.05, 4.69) is 14.1 Å². The first-order valence-corrected chi connectivity index (χ1v) is 4.29. The second-order valence-corrected chi connectivity index (χ2v) is 3.01. The minimum atomic E-state index is -4.65. The maximum absolute atomic E-state index is 12.5. The number of ether oxygens (including phenoxy) is 1. The Morgan fingerprint density at radius 2 is 1.94 bits per heavy atom. The molecule has 2 aromatic rings. The van der Waals surface area contributed by atoms with Gasteiger partial charge in [-0.25, -0.2) is 0 Å². The van der Waals surface area contributed by atoms with Crippen LogP contribution in [-0.2, 0) is 6.18 Å². The van der Waals surface area contributed by atoms with E-state index in [0.717, 1.165) is 12.1 Å². The summed E-state index contributed by atoms with van der Waals surface area (Å²) in [7, 11) is 0. The molecule has 3 nitrogen and oxygen atoms in total. The monoisotopic (exact) mass is 253 g/mol. The molecule has 0 aliphatic heterocycles. The predicted molar refractivity (Wildman–Crippen MR) is 45.6 cm³/mol. The van der Waals surface area contributed by atoms with Gasteiger partial charge in [-0.3, -0.25) is 0 Å². The summed E-state index contributed by atoms with van der Waals surface area (Å²) >= 11 is 0. The average Bonchev–Trinajstić information content (AvgIpc) is 2.55. The number of hydrogen-bond acceptors (Lipinski definition) is 3. The first-order valence-electron chi connectivity index (χ1n) is 4.29. The largest absolute Gasteiger partial charge is 0.420 e. The van der Waals surface area contributed by atoms with Crippen molar-refractivity contribution in [1.82, 2.24) is 4.98 Å². The lowest BCUT2D eigenvalue weighted by Gasteiger charge is -2.05. The van der Waals surface area contributed by atoms with Crippen LogP contribution in [0.1, 0.15) is 5.56 Å². The fourth-order valence-corrected chi connectivity index (χ4v) is 1.28. The summed E-state index contributed by atoms with van der Waals surface area (Å²) in [4.78, 5) is 3.36. The number of rotatable bonds is 2. The van der Waals surface area contributed by atoms with Crippen LogP contribution in [0, 0.1) is 0 Å². The van der Waals surface area contributed by atoms with Crippen molar-refractivity contribution in [2.75, 3.05) is 0 Å². The third-order valence-corrected chi connectivity index (χ3v) is 1.89. The highest BCUT2D eigenvalue weighted by Gasteiger charge is 2.34. The topological polar surface area (TPSA) is 35.3 Å². The van der Waals surface area contributed by atoms with Crippen LogP contribution < -0.4 is 4.74 Å². The number of alkyl halides is 5. The third kappa shape index (κ3) is 2.29. The third-order valence-electron chi connectivity index (χ3n) is 1.89. The van der Waals surface area contributed by atoms with Gasteiger partial charge in [-0.05, 0) is 12.1 Å². The number of fused-ring (bicyclic) bond motifs is 1. The van der Waals surface area contributed by atoms with Crippen LogP contribution in [0.2, 0.25) is 0 Å². The van der Waals surface area contributed by atoms with Crippen LogP contribution in [0.15, 0.2) is 22.6 Å². The summed E-state index contributed by atoms with van der Waals surface area (Å²) in [6.07, 6.45) is -5.55. The minimum Gasteiger partial charge on any atom is -0.408 e. The Balaban J connectivity index is 2.53. The van der Waals surface area contributed by atoms with Crippen LogP contribution in [0.25, 0.3) is 11.1 Å². The molecule has 2 rings (SSSR count). The molecule has 0 fully saturated rings.